The van der Waals surface area contributed by atoms with Crippen LogP contribution in [0.15, 0.2) is 36.5 Å². The first-order valence-electron chi connectivity index (χ1n) is 4.71. The molecule has 3 heteroatoms. The lowest BCUT2D eigenvalue weighted by molar-refractivity contribution is -0.126. The van der Waals surface area contributed by atoms with E-state index in [9.17, 15) is 9.59 Å². The summed E-state index contributed by atoms with van der Waals surface area (Å²) in [7, 11) is 1.57. The molecule has 0 aliphatic carbocycles. The van der Waals surface area contributed by atoms with E-state index in [0.29, 0.717) is 6.29 Å². The van der Waals surface area contributed by atoms with Crippen LogP contribution in [-0.2, 0) is 9.59 Å². The van der Waals surface area contributed by atoms with Gasteiger partial charge in [-0.25, -0.2) is 0 Å². The Morgan fingerprint density at radius 2 is 2.00 bits per heavy atom. The number of amides is 1. The van der Waals surface area contributed by atoms with E-state index in [1.807, 2.05) is 0 Å². The number of aldehydes is 1. The summed E-state index contributed by atoms with van der Waals surface area (Å²) in [6, 6.07) is -0.347. The molecule has 1 amide bonds. The molecule has 0 radical (unpaired) electrons. The van der Waals surface area contributed by atoms with Gasteiger partial charge in [0.1, 0.15) is 0 Å². The molecule has 0 spiro atoms. The largest absolute Gasteiger partial charge is 0.328 e. The predicted octanol–water partition coefficient (Wildman–Crippen LogP) is 1.33. The number of hydrogen-bond donors (Lipinski definition) is 0. The Bertz CT molecular complexity index is 375. The number of likely N-dealkylation sites (N-methyl/N-ethyl adjacent to an activating group) is 1. The van der Waals surface area contributed by atoms with Crippen molar-refractivity contribution in [1.82, 2.24) is 4.90 Å². The molecule has 0 bridgehead atoms. The minimum absolute atomic E-state index is 0.203. The topological polar surface area (TPSA) is 37.4 Å². The second-order valence-electron chi connectivity index (χ2n) is 3.15. The molecule has 0 aliphatic heterocycles. The third kappa shape index (κ3) is 2.96. The second-order valence-corrected chi connectivity index (χ2v) is 3.15. The van der Waals surface area contributed by atoms with Gasteiger partial charge in [-0.2, -0.15) is 0 Å². The molecule has 1 unspecified atom stereocenters. The average molecular weight is 217 g/mol. The van der Waals surface area contributed by atoms with E-state index < -0.39 is 0 Å². The minimum Gasteiger partial charge on any atom is -0.328 e. The van der Waals surface area contributed by atoms with Crippen LogP contribution >= 0.6 is 0 Å². The van der Waals surface area contributed by atoms with Crippen LogP contribution in [0, 0.1) is 12.3 Å². The summed E-state index contributed by atoms with van der Waals surface area (Å²) in [5.74, 6) is 2.09. The van der Waals surface area contributed by atoms with Crippen LogP contribution in [0.4, 0.5) is 0 Å². The number of nitrogens with zero attached hydrogens (tertiary/aromatic N) is 1. The number of terminal acetylenes is 1. The zero-order chi connectivity index (χ0) is 12.7. The number of rotatable bonds is 5. The van der Waals surface area contributed by atoms with Gasteiger partial charge in [0.05, 0.1) is 6.04 Å². The SMILES string of the molecule is C#CC(C)N(C)C(=O)/C(C=C)=C(/C=C)C=O. The zero-order valence-electron chi connectivity index (χ0n) is 9.56. The first-order chi connectivity index (χ1) is 7.53. The van der Waals surface area contributed by atoms with Crippen LogP contribution in [0.25, 0.3) is 0 Å². The zero-order valence-corrected chi connectivity index (χ0v) is 9.56. The summed E-state index contributed by atoms with van der Waals surface area (Å²) in [6.45, 7) is 8.68. The maximum absolute atomic E-state index is 11.9. The van der Waals surface area contributed by atoms with Crippen LogP contribution in [0.3, 0.4) is 0 Å². The van der Waals surface area contributed by atoms with Crippen molar-refractivity contribution < 1.29 is 9.59 Å². The van der Waals surface area contributed by atoms with Gasteiger partial charge in [0.2, 0.25) is 0 Å². The van der Waals surface area contributed by atoms with E-state index in [2.05, 4.69) is 19.1 Å². The highest BCUT2D eigenvalue weighted by molar-refractivity contribution is 6.02. The monoisotopic (exact) mass is 217 g/mol. The third-order valence-corrected chi connectivity index (χ3v) is 2.23. The summed E-state index contributed by atoms with van der Waals surface area (Å²) < 4.78 is 0. The third-order valence-electron chi connectivity index (χ3n) is 2.23. The molecule has 0 fully saturated rings. The Kier molecular flexibility index (Phi) is 5.58. The van der Waals surface area contributed by atoms with Gasteiger partial charge in [-0.05, 0) is 6.92 Å². The standard InChI is InChI=1S/C13H15NO2/c1-6-10(4)14(5)13(16)12(8-3)11(7-2)9-15/h1,7-10H,2-3H2,4-5H3/b12-11-. The Hall–Kier alpha value is -2.08. The molecule has 0 aliphatic rings. The van der Waals surface area contributed by atoms with Crippen LogP contribution in [0.1, 0.15) is 6.92 Å². The Labute approximate surface area is 96.1 Å². The van der Waals surface area contributed by atoms with E-state index in [4.69, 9.17) is 6.42 Å². The van der Waals surface area contributed by atoms with Gasteiger partial charge in [0.25, 0.3) is 5.91 Å². The summed E-state index contributed by atoms with van der Waals surface area (Å²) in [4.78, 5) is 24.0. The number of carbonyl (C=O) groups is 2. The molecule has 3 nitrogen and oxygen atoms in total. The number of carbonyl (C=O) groups excluding carboxylic acids is 2. The fraction of sp³-hybridized carbons (Fsp3) is 0.231. The highest BCUT2D eigenvalue weighted by Crippen LogP contribution is 2.10. The Balaban J connectivity index is 5.31. The molecule has 0 N–H and O–H groups in total. The van der Waals surface area contributed by atoms with Crippen molar-refractivity contribution in [1.29, 1.82) is 0 Å². The maximum atomic E-state index is 11.9. The molecule has 0 heterocycles. The van der Waals surface area contributed by atoms with Gasteiger partial charge in [-0.15, -0.1) is 6.42 Å². The van der Waals surface area contributed by atoms with Crippen LogP contribution in [-0.4, -0.2) is 30.2 Å². The summed E-state index contributed by atoms with van der Waals surface area (Å²) in [5.41, 5.74) is 0.408. The molecule has 0 aromatic heterocycles. The van der Waals surface area contributed by atoms with Crippen LogP contribution in [0.2, 0.25) is 0 Å². The highest BCUT2D eigenvalue weighted by Gasteiger charge is 2.18. The van der Waals surface area contributed by atoms with Crippen molar-refractivity contribution in [3.05, 3.63) is 36.5 Å². The molecule has 0 aromatic carbocycles. The molecular weight excluding hydrogens is 202 g/mol. The van der Waals surface area contributed by atoms with Gasteiger partial charge in [-0.1, -0.05) is 31.2 Å². The van der Waals surface area contributed by atoms with E-state index >= 15 is 0 Å². The van der Waals surface area contributed by atoms with Crippen LogP contribution in [0.5, 0.6) is 0 Å². The first kappa shape index (κ1) is 13.9. The van der Waals surface area contributed by atoms with E-state index in [1.54, 1.807) is 14.0 Å². The fourth-order valence-corrected chi connectivity index (χ4v) is 1.03. The summed E-state index contributed by atoms with van der Waals surface area (Å²) >= 11 is 0. The van der Waals surface area contributed by atoms with E-state index in [1.165, 1.54) is 17.1 Å². The number of hydrogen-bond acceptors (Lipinski definition) is 2. The average Bonchev–Trinajstić information content (AvgIpc) is 2.32. The van der Waals surface area contributed by atoms with Crippen molar-refractivity contribution in [3.63, 3.8) is 0 Å². The van der Waals surface area contributed by atoms with E-state index in [-0.39, 0.29) is 23.1 Å². The molecule has 84 valence electrons. The van der Waals surface area contributed by atoms with Crippen molar-refractivity contribution in [2.75, 3.05) is 7.05 Å². The molecule has 16 heavy (non-hydrogen) atoms. The molecular formula is C13H15NO2. The molecule has 1 atom stereocenters. The second kappa shape index (κ2) is 6.41. The Morgan fingerprint density at radius 1 is 1.44 bits per heavy atom. The van der Waals surface area contributed by atoms with Crippen molar-refractivity contribution >= 4 is 12.2 Å². The van der Waals surface area contributed by atoms with E-state index in [0.717, 1.165) is 0 Å². The van der Waals surface area contributed by atoms with Gasteiger partial charge in [0, 0.05) is 18.2 Å². The predicted molar refractivity (Wildman–Crippen MR) is 64.5 cm³/mol. The van der Waals surface area contributed by atoms with Gasteiger partial charge < -0.3 is 4.90 Å². The lowest BCUT2D eigenvalue weighted by Gasteiger charge is -2.21. The van der Waals surface area contributed by atoms with Gasteiger partial charge in [0.15, 0.2) is 6.29 Å². The fourth-order valence-electron chi connectivity index (χ4n) is 1.03. The van der Waals surface area contributed by atoms with Gasteiger partial charge in [-0.3, -0.25) is 9.59 Å². The lowest BCUT2D eigenvalue weighted by Crippen LogP contribution is -2.35. The van der Waals surface area contributed by atoms with Gasteiger partial charge >= 0.3 is 0 Å². The smallest absolute Gasteiger partial charge is 0.255 e. The normalized spacial score (nSPS) is 12.8. The first-order valence-corrected chi connectivity index (χ1v) is 4.71. The Morgan fingerprint density at radius 3 is 2.31 bits per heavy atom. The molecule has 0 aromatic rings. The molecule has 0 saturated carbocycles. The van der Waals surface area contributed by atoms with Crippen LogP contribution < -0.4 is 0 Å². The maximum Gasteiger partial charge on any atom is 0.255 e. The highest BCUT2D eigenvalue weighted by atomic mass is 16.2. The van der Waals surface area contributed by atoms with Crippen molar-refractivity contribution in [2.24, 2.45) is 0 Å². The molecule has 0 rings (SSSR count). The lowest BCUT2D eigenvalue weighted by atomic mass is 10.1. The van der Waals surface area contributed by atoms with Crippen molar-refractivity contribution in [2.45, 2.75) is 13.0 Å². The van der Waals surface area contributed by atoms with Crippen molar-refractivity contribution in [3.8, 4) is 12.3 Å². The summed E-state index contributed by atoms with van der Waals surface area (Å²) in [6.07, 6.45) is 8.43. The quantitative estimate of drug-likeness (QED) is 0.301. The number of allylic oxidation sites excluding steroid dienone is 2. The molecule has 0 saturated heterocycles. The summed E-state index contributed by atoms with van der Waals surface area (Å²) in [5, 5.41) is 0. The minimum atomic E-state index is -0.347.